The molecule has 0 aliphatic rings. The van der Waals surface area contributed by atoms with Crippen LogP contribution in [0.25, 0.3) is 0 Å². The normalized spacial score (nSPS) is 8.59. The second-order valence-electron chi connectivity index (χ2n) is 2.99. The molecule has 17 heavy (non-hydrogen) atoms. The topological polar surface area (TPSA) is 0 Å². The second kappa shape index (κ2) is 9.09. The summed E-state index contributed by atoms with van der Waals surface area (Å²) in [5, 5.41) is 0. The first-order valence-corrected chi connectivity index (χ1v) is 6.38. The largest absolute Gasteiger partial charge is 2.00 e. The van der Waals surface area contributed by atoms with Crippen LogP contribution < -0.4 is 0 Å². The van der Waals surface area contributed by atoms with Gasteiger partial charge in [-0.25, -0.2) is 0 Å². The van der Waals surface area contributed by atoms with Crippen molar-refractivity contribution in [3.8, 4) is 0 Å². The molecule has 93 valence electrons. The Bertz CT molecular complexity index is 374. The van der Waals surface area contributed by atoms with Gasteiger partial charge in [0.2, 0.25) is 0 Å². The number of hydrogen-bond donors (Lipinski definition) is 0. The van der Waals surface area contributed by atoms with E-state index < -0.39 is 0 Å². The van der Waals surface area contributed by atoms with E-state index in [4.69, 9.17) is 25.3 Å². The van der Waals surface area contributed by atoms with E-state index in [2.05, 4.69) is 25.3 Å². The molecule has 0 heterocycles. The Kier molecular flexibility index (Phi) is 9.14. The van der Waals surface area contributed by atoms with Crippen molar-refractivity contribution in [3.63, 3.8) is 0 Å². The Labute approximate surface area is 135 Å². The minimum atomic E-state index is 0. The van der Waals surface area contributed by atoms with Crippen molar-refractivity contribution in [1.82, 2.24) is 0 Å². The van der Waals surface area contributed by atoms with Gasteiger partial charge in [-0.1, -0.05) is 36.4 Å². The zero-order chi connectivity index (χ0) is 12.0. The number of rotatable bonds is 0. The van der Waals surface area contributed by atoms with Gasteiger partial charge in [0.25, 0.3) is 0 Å². The molecule has 5 heteroatoms. The van der Waals surface area contributed by atoms with E-state index in [9.17, 15) is 0 Å². The summed E-state index contributed by atoms with van der Waals surface area (Å²) in [6, 6.07) is 15.4. The molecule has 0 bridgehead atoms. The summed E-state index contributed by atoms with van der Waals surface area (Å²) >= 11 is 16.5. The van der Waals surface area contributed by atoms with Gasteiger partial charge in [0.05, 0.1) is 0 Å². The van der Waals surface area contributed by atoms with E-state index in [1.807, 2.05) is 48.5 Å². The fraction of sp³-hybridized carbons (Fsp3) is 0. The maximum absolute atomic E-state index is 4.90. The zero-order valence-corrected chi connectivity index (χ0v) is 13.3. The third kappa shape index (κ3) is 6.55. The first kappa shape index (κ1) is 17.1. The van der Waals surface area contributed by atoms with Crippen molar-refractivity contribution < 1.29 is 17.1 Å². The SMILES string of the molecule is [Cu+2].[S-]c1ccccc1[SH2+].[S-]c1ccccc1[SH2+]. The van der Waals surface area contributed by atoms with E-state index in [0.717, 1.165) is 19.6 Å². The molecule has 0 aromatic heterocycles. The van der Waals surface area contributed by atoms with Gasteiger partial charge >= 0.3 is 17.1 Å². The van der Waals surface area contributed by atoms with Crippen LogP contribution in [0, 0.1) is 0 Å². The minimum Gasteiger partial charge on any atom is -0.775 e. The standard InChI is InChI=1S/2C6H6S2.Cu/c2*7-5-3-1-2-4-6(5)8;/h2*1-4,7-8H;/q;;+2. The average Bonchev–Trinajstić information content (AvgIpc) is 2.28. The molecule has 2 rings (SSSR count). The van der Waals surface area contributed by atoms with Crippen LogP contribution >= 0.6 is 0 Å². The zero-order valence-electron chi connectivity index (χ0n) is 8.74. The maximum Gasteiger partial charge on any atom is 2.00 e. The summed E-state index contributed by atoms with van der Waals surface area (Å²) in [6.45, 7) is 0. The monoisotopic (exact) mass is 347 g/mol. The average molecular weight is 348 g/mol. The molecule has 0 unspecified atom stereocenters. The molecule has 0 fully saturated rings. The van der Waals surface area contributed by atoms with E-state index >= 15 is 0 Å². The van der Waals surface area contributed by atoms with Gasteiger partial charge in [0.15, 0.2) is 0 Å². The van der Waals surface area contributed by atoms with Crippen molar-refractivity contribution in [2.24, 2.45) is 0 Å². The third-order valence-corrected chi connectivity index (χ3v) is 3.72. The molecular weight excluding hydrogens is 336 g/mol. The van der Waals surface area contributed by atoms with Crippen LogP contribution in [0.3, 0.4) is 0 Å². The number of hydrogen-bond acceptors (Lipinski definition) is 2. The van der Waals surface area contributed by atoms with Gasteiger partial charge < -0.3 is 25.3 Å². The molecule has 0 saturated heterocycles. The first-order valence-electron chi connectivity index (χ1n) is 4.56. The summed E-state index contributed by atoms with van der Waals surface area (Å²) < 4.78 is 0. The molecule has 0 spiro atoms. The molecular formula is C12H12CuS4+2. The summed E-state index contributed by atoms with van der Waals surface area (Å²) in [5.41, 5.74) is 0. The summed E-state index contributed by atoms with van der Waals surface area (Å²) in [6.07, 6.45) is 0. The Balaban J connectivity index is 0.000000284. The van der Waals surface area contributed by atoms with Crippen molar-refractivity contribution in [2.75, 3.05) is 0 Å². The van der Waals surface area contributed by atoms with Crippen LogP contribution in [-0.2, 0) is 67.6 Å². The van der Waals surface area contributed by atoms with Gasteiger partial charge in [0, 0.05) is 0 Å². The molecule has 0 aliphatic heterocycles. The third-order valence-electron chi connectivity index (χ3n) is 1.77. The van der Waals surface area contributed by atoms with Crippen LogP contribution in [0.5, 0.6) is 0 Å². The summed E-state index contributed by atoms with van der Waals surface area (Å²) in [4.78, 5) is 3.71. The van der Waals surface area contributed by atoms with Crippen molar-refractivity contribution in [3.05, 3.63) is 48.5 Å². The minimum absolute atomic E-state index is 0. The molecule has 1 radical (unpaired) electrons. The Morgan fingerprint density at radius 1 is 0.647 bits per heavy atom. The van der Waals surface area contributed by atoms with Gasteiger partial charge in [-0.15, -0.1) is 9.79 Å². The van der Waals surface area contributed by atoms with Gasteiger partial charge in [-0.2, -0.15) is 0 Å². The van der Waals surface area contributed by atoms with Gasteiger partial charge in [-0.3, -0.25) is 0 Å². The van der Waals surface area contributed by atoms with Crippen LogP contribution in [0.2, 0.25) is 0 Å². The van der Waals surface area contributed by atoms with Crippen LogP contribution in [-0.4, -0.2) is 0 Å². The number of benzene rings is 2. The van der Waals surface area contributed by atoms with Crippen molar-refractivity contribution in [2.45, 2.75) is 19.6 Å². The molecule has 0 N–H and O–H groups in total. The molecule has 0 amide bonds. The Morgan fingerprint density at radius 3 is 1.12 bits per heavy atom. The Hall–Kier alpha value is 0.0995. The Morgan fingerprint density at radius 2 is 0.941 bits per heavy atom. The molecule has 0 aliphatic carbocycles. The van der Waals surface area contributed by atoms with E-state index in [1.54, 1.807) is 0 Å². The van der Waals surface area contributed by atoms with Crippen molar-refractivity contribution >= 4 is 50.5 Å². The van der Waals surface area contributed by atoms with E-state index in [0.29, 0.717) is 0 Å². The molecule has 0 atom stereocenters. The van der Waals surface area contributed by atoms with Crippen LogP contribution in [0.1, 0.15) is 0 Å². The van der Waals surface area contributed by atoms with Gasteiger partial charge in [0.1, 0.15) is 9.79 Å². The van der Waals surface area contributed by atoms with Gasteiger partial charge in [-0.05, 0) is 37.4 Å². The fourth-order valence-electron chi connectivity index (χ4n) is 0.933. The smallest absolute Gasteiger partial charge is 0.775 e. The molecule has 2 aromatic rings. The fourth-order valence-corrected chi connectivity index (χ4v) is 1.59. The van der Waals surface area contributed by atoms with Crippen molar-refractivity contribution in [1.29, 1.82) is 0 Å². The maximum atomic E-state index is 4.90. The van der Waals surface area contributed by atoms with Crippen LogP contribution in [0.4, 0.5) is 0 Å². The summed E-state index contributed by atoms with van der Waals surface area (Å²) in [5.74, 6) is 0. The first-order chi connectivity index (χ1) is 7.61. The molecule has 0 saturated carbocycles. The molecule has 0 nitrogen and oxygen atoms in total. The second-order valence-corrected chi connectivity index (χ2v) is 4.95. The predicted molar refractivity (Wildman–Crippen MR) is 81.0 cm³/mol. The quantitative estimate of drug-likeness (QED) is 0.406. The molecule has 2 aromatic carbocycles. The van der Waals surface area contributed by atoms with E-state index in [1.165, 1.54) is 0 Å². The van der Waals surface area contributed by atoms with Crippen LogP contribution in [0.15, 0.2) is 68.1 Å². The van der Waals surface area contributed by atoms with E-state index in [-0.39, 0.29) is 17.1 Å². The predicted octanol–water partition coefficient (Wildman–Crippen LogP) is 1.92. The summed E-state index contributed by atoms with van der Waals surface area (Å²) in [7, 11) is 0.